The minimum atomic E-state index is -4.45. The zero-order chi connectivity index (χ0) is 14.8. The molecule has 2 N–H and O–H groups in total. The number of nitrogens with two attached hydrogens (primary N) is 1. The molecule has 2 rings (SSSR count). The number of rotatable bonds is 3. The normalized spacial score (nSPS) is 12.4. The highest BCUT2D eigenvalue weighted by Crippen LogP contribution is 2.37. The summed E-state index contributed by atoms with van der Waals surface area (Å²) < 4.78 is 44.2. The second kappa shape index (κ2) is 6.83. The first-order valence-corrected chi connectivity index (χ1v) is 5.99. The molecule has 0 fully saturated rings. The third kappa shape index (κ3) is 3.89. The minimum Gasteiger partial charge on any atom is -0.497 e. The summed E-state index contributed by atoms with van der Waals surface area (Å²) in [6, 6.07) is 11.4. The Morgan fingerprint density at radius 1 is 1.05 bits per heavy atom. The van der Waals surface area contributed by atoms with Crippen LogP contribution in [-0.2, 0) is 6.18 Å². The van der Waals surface area contributed by atoms with Crippen molar-refractivity contribution in [1.29, 1.82) is 0 Å². The van der Waals surface area contributed by atoms with Gasteiger partial charge in [0, 0.05) is 0 Å². The Hall–Kier alpha value is -1.72. The maximum absolute atomic E-state index is 13.1. The zero-order valence-electron chi connectivity index (χ0n) is 11.2. The SMILES string of the molecule is COc1ccc(C(F)(F)F)c(C(N)c2ccccc2)c1.Cl. The monoisotopic (exact) mass is 317 g/mol. The lowest BCUT2D eigenvalue weighted by Crippen LogP contribution is -2.18. The molecule has 0 bridgehead atoms. The van der Waals surface area contributed by atoms with E-state index >= 15 is 0 Å². The van der Waals surface area contributed by atoms with Crippen LogP contribution in [0.5, 0.6) is 5.75 Å². The predicted octanol–water partition coefficient (Wildman–Crippen LogP) is 4.18. The van der Waals surface area contributed by atoms with E-state index in [-0.39, 0.29) is 18.0 Å². The molecule has 0 aromatic heterocycles. The molecule has 1 unspecified atom stereocenters. The van der Waals surface area contributed by atoms with E-state index in [2.05, 4.69) is 0 Å². The smallest absolute Gasteiger partial charge is 0.416 e. The van der Waals surface area contributed by atoms with Gasteiger partial charge in [0.05, 0.1) is 18.7 Å². The lowest BCUT2D eigenvalue weighted by molar-refractivity contribution is -0.138. The molecule has 2 aromatic carbocycles. The van der Waals surface area contributed by atoms with Crippen LogP contribution < -0.4 is 10.5 Å². The Morgan fingerprint density at radius 3 is 2.19 bits per heavy atom. The van der Waals surface area contributed by atoms with Gasteiger partial charge < -0.3 is 10.5 Å². The average Bonchev–Trinajstić information content (AvgIpc) is 2.45. The average molecular weight is 318 g/mol. The lowest BCUT2D eigenvalue weighted by Gasteiger charge is -2.19. The van der Waals surface area contributed by atoms with Crippen LogP contribution in [0, 0.1) is 0 Å². The van der Waals surface area contributed by atoms with Crippen molar-refractivity contribution in [3.05, 3.63) is 65.2 Å². The maximum atomic E-state index is 13.1. The molecule has 0 amide bonds. The van der Waals surface area contributed by atoms with Crippen LogP contribution in [-0.4, -0.2) is 7.11 Å². The van der Waals surface area contributed by atoms with Crippen molar-refractivity contribution in [2.75, 3.05) is 7.11 Å². The van der Waals surface area contributed by atoms with Crippen molar-refractivity contribution in [3.63, 3.8) is 0 Å². The molecule has 0 aliphatic heterocycles. The Labute approximate surface area is 127 Å². The van der Waals surface area contributed by atoms with E-state index in [1.165, 1.54) is 19.2 Å². The highest BCUT2D eigenvalue weighted by atomic mass is 35.5. The molecule has 0 heterocycles. The fraction of sp³-hybridized carbons (Fsp3) is 0.200. The first-order chi connectivity index (χ1) is 9.43. The Kier molecular flexibility index (Phi) is 5.63. The van der Waals surface area contributed by atoms with E-state index in [0.717, 1.165) is 6.07 Å². The van der Waals surface area contributed by atoms with Crippen LogP contribution in [0.1, 0.15) is 22.7 Å². The van der Waals surface area contributed by atoms with Crippen LogP contribution in [0.25, 0.3) is 0 Å². The van der Waals surface area contributed by atoms with Gasteiger partial charge in [-0.25, -0.2) is 0 Å². The van der Waals surface area contributed by atoms with E-state index in [0.29, 0.717) is 11.3 Å². The van der Waals surface area contributed by atoms with Crippen molar-refractivity contribution in [2.24, 2.45) is 5.73 Å². The van der Waals surface area contributed by atoms with Crippen molar-refractivity contribution in [1.82, 2.24) is 0 Å². The second-order valence-electron chi connectivity index (χ2n) is 4.34. The molecule has 0 aliphatic rings. The number of alkyl halides is 3. The fourth-order valence-electron chi connectivity index (χ4n) is 2.02. The summed E-state index contributed by atoms with van der Waals surface area (Å²) in [5.41, 5.74) is 5.86. The van der Waals surface area contributed by atoms with Gasteiger partial charge in [-0.3, -0.25) is 0 Å². The minimum absolute atomic E-state index is 0. The molecular formula is C15H15ClF3NO. The molecule has 2 nitrogen and oxygen atoms in total. The molecule has 0 spiro atoms. The van der Waals surface area contributed by atoms with Crippen molar-refractivity contribution in [3.8, 4) is 5.75 Å². The van der Waals surface area contributed by atoms with Gasteiger partial charge in [-0.05, 0) is 29.3 Å². The molecule has 114 valence electrons. The van der Waals surface area contributed by atoms with Crippen molar-refractivity contribution in [2.45, 2.75) is 12.2 Å². The number of hydrogen-bond acceptors (Lipinski definition) is 2. The summed E-state index contributed by atoms with van der Waals surface area (Å²) in [4.78, 5) is 0. The Balaban J connectivity index is 0.00000220. The number of hydrogen-bond donors (Lipinski definition) is 1. The fourth-order valence-corrected chi connectivity index (χ4v) is 2.02. The summed E-state index contributed by atoms with van der Waals surface area (Å²) in [5.74, 6) is 0.347. The lowest BCUT2D eigenvalue weighted by atomic mass is 9.94. The van der Waals surface area contributed by atoms with E-state index < -0.39 is 17.8 Å². The molecule has 0 saturated heterocycles. The predicted molar refractivity (Wildman–Crippen MR) is 77.7 cm³/mol. The summed E-state index contributed by atoms with van der Waals surface area (Å²) in [5, 5.41) is 0. The maximum Gasteiger partial charge on any atom is 0.416 e. The van der Waals surface area contributed by atoms with E-state index in [1.54, 1.807) is 30.3 Å². The van der Waals surface area contributed by atoms with E-state index in [1.807, 2.05) is 0 Å². The van der Waals surface area contributed by atoms with Gasteiger partial charge >= 0.3 is 6.18 Å². The standard InChI is InChI=1S/C15H14F3NO.ClH/c1-20-11-7-8-13(15(16,17)18)12(9-11)14(19)10-5-3-2-4-6-10;/h2-9,14H,19H2,1H3;1H. The third-order valence-corrected chi connectivity index (χ3v) is 3.06. The zero-order valence-corrected chi connectivity index (χ0v) is 12.0. The molecule has 1 atom stereocenters. The molecular weight excluding hydrogens is 303 g/mol. The van der Waals surface area contributed by atoms with Crippen LogP contribution in [0.2, 0.25) is 0 Å². The first-order valence-electron chi connectivity index (χ1n) is 5.99. The number of halogens is 4. The molecule has 2 aromatic rings. The summed E-state index contributed by atoms with van der Waals surface area (Å²) in [6.07, 6.45) is -4.45. The van der Waals surface area contributed by atoms with Gasteiger partial charge in [0.15, 0.2) is 0 Å². The van der Waals surface area contributed by atoms with Crippen LogP contribution in [0.3, 0.4) is 0 Å². The number of benzene rings is 2. The molecule has 0 radical (unpaired) electrons. The van der Waals surface area contributed by atoms with Gasteiger partial charge in [0.2, 0.25) is 0 Å². The topological polar surface area (TPSA) is 35.2 Å². The van der Waals surface area contributed by atoms with E-state index in [9.17, 15) is 13.2 Å². The van der Waals surface area contributed by atoms with Crippen LogP contribution in [0.15, 0.2) is 48.5 Å². The summed E-state index contributed by atoms with van der Waals surface area (Å²) in [6.45, 7) is 0. The molecule has 21 heavy (non-hydrogen) atoms. The summed E-state index contributed by atoms with van der Waals surface area (Å²) >= 11 is 0. The second-order valence-corrected chi connectivity index (χ2v) is 4.34. The Bertz CT molecular complexity index is 587. The molecule has 6 heteroatoms. The van der Waals surface area contributed by atoms with Gasteiger partial charge in [0.25, 0.3) is 0 Å². The number of ether oxygens (including phenoxy) is 1. The summed E-state index contributed by atoms with van der Waals surface area (Å²) in [7, 11) is 1.40. The van der Waals surface area contributed by atoms with Gasteiger partial charge in [-0.1, -0.05) is 30.3 Å². The third-order valence-electron chi connectivity index (χ3n) is 3.06. The molecule has 0 aliphatic carbocycles. The largest absolute Gasteiger partial charge is 0.497 e. The Morgan fingerprint density at radius 2 is 1.67 bits per heavy atom. The first kappa shape index (κ1) is 17.3. The van der Waals surface area contributed by atoms with Gasteiger partial charge in [-0.2, -0.15) is 13.2 Å². The van der Waals surface area contributed by atoms with Crippen molar-refractivity contribution < 1.29 is 17.9 Å². The van der Waals surface area contributed by atoms with Crippen LogP contribution >= 0.6 is 12.4 Å². The van der Waals surface area contributed by atoms with Gasteiger partial charge in [0.1, 0.15) is 5.75 Å². The number of methoxy groups -OCH3 is 1. The highest BCUT2D eigenvalue weighted by molar-refractivity contribution is 5.85. The van der Waals surface area contributed by atoms with E-state index in [4.69, 9.17) is 10.5 Å². The molecule has 0 saturated carbocycles. The van der Waals surface area contributed by atoms with Crippen LogP contribution in [0.4, 0.5) is 13.2 Å². The van der Waals surface area contributed by atoms with Gasteiger partial charge in [-0.15, -0.1) is 12.4 Å². The van der Waals surface area contributed by atoms with Crippen molar-refractivity contribution >= 4 is 12.4 Å². The quantitative estimate of drug-likeness (QED) is 0.921. The highest BCUT2D eigenvalue weighted by Gasteiger charge is 2.35.